The van der Waals surface area contributed by atoms with Crippen LogP contribution in [0.3, 0.4) is 0 Å². The van der Waals surface area contributed by atoms with Gasteiger partial charge < -0.3 is 11.1 Å². The van der Waals surface area contributed by atoms with Crippen molar-refractivity contribution < 1.29 is 4.79 Å². The third-order valence-corrected chi connectivity index (χ3v) is 3.50. The Labute approximate surface area is 111 Å². The van der Waals surface area contributed by atoms with Gasteiger partial charge in [-0.15, -0.1) is 11.3 Å². The molecular formula is C11H10BrN3OS. The second-order valence-electron chi connectivity index (χ2n) is 3.39. The zero-order valence-corrected chi connectivity index (χ0v) is 11.2. The zero-order valence-electron chi connectivity index (χ0n) is 8.76. The van der Waals surface area contributed by atoms with Crippen LogP contribution in [-0.2, 0) is 4.79 Å². The molecule has 88 valence electrons. The maximum atomic E-state index is 11.4. The molecular weight excluding hydrogens is 302 g/mol. The molecule has 1 atom stereocenters. The number of halogens is 1. The van der Waals surface area contributed by atoms with Crippen molar-refractivity contribution in [2.75, 3.05) is 5.32 Å². The molecule has 6 heteroatoms. The summed E-state index contributed by atoms with van der Waals surface area (Å²) in [5, 5.41) is 4.97. The van der Waals surface area contributed by atoms with Crippen LogP contribution in [-0.4, -0.2) is 10.9 Å². The zero-order chi connectivity index (χ0) is 12.3. The van der Waals surface area contributed by atoms with Gasteiger partial charge >= 0.3 is 0 Å². The second kappa shape index (κ2) is 5.29. The molecule has 0 saturated heterocycles. The molecule has 4 nitrogen and oxygen atoms in total. The predicted octanol–water partition coefficient (Wildman–Crippen LogP) is 2.54. The molecule has 0 saturated carbocycles. The Morgan fingerprint density at radius 1 is 1.53 bits per heavy atom. The third-order valence-electron chi connectivity index (χ3n) is 2.13. The van der Waals surface area contributed by atoms with Gasteiger partial charge in [-0.2, -0.15) is 0 Å². The van der Waals surface area contributed by atoms with Crippen LogP contribution in [0.2, 0.25) is 0 Å². The maximum Gasteiger partial charge on any atom is 0.245 e. The average molecular weight is 312 g/mol. The number of nitrogens with two attached hydrogens (primary N) is 1. The molecule has 0 bridgehead atoms. The van der Waals surface area contributed by atoms with Gasteiger partial charge in [-0.25, -0.2) is 0 Å². The number of pyridine rings is 1. The summed E-state index contributed by atoms with van der Waals surface area (Å²) in [6, 6.07) is 5.08. The van der Waals surface area contributed by atoms with E-state index in [0.717, 1.165) is 15.0 Å². The normalized spacial score (nSPS) is 12.1. The number of carbonyl (C=O) groups is 1. The molecule has 0 spiro atoms. The molecule has 3 N–H and O–H groups in total. The fourth-order valence-corrected chi connectivity index (χ4v) is 2.54. The molecule has 0 fully saturated rings. The molecule has 0 aliphatic heterocycles. The molecule has 0 aliphatic carbocycles. The van der Waals surface area contributed by atoms with E-state index >= 15 is 0 Å². The van der Waals surface area contributed by atoms with E-state index < -0.39 is 11.9 Å². The van der Waals surface area contributed by atoms with Gasteiger partial charge in [-0.3, -0.25) is 9.78 Å². The lowest BCUT2D eigenvalue weighted by molar-refractivity contribution is -0.118. The number of nitrogens with one attached hydrogen (secondary N) is 1. The highest BCUT2D eigenvalue weighted by Gasteiger charge is 2.18. The molecule has 2 aromatic heterocycles. The lowest BCUT2D eigenvalue weighted by Crippen LogP contribution is -2.27. The smallest absolute Gasteiger partial charge is 0.245 e. The monoisotopic (exact) mass is 311 g/mol. The molecule has 2 rings (SSSR count). The van der Waals surface area contributed by atoms with E-state index in [2.05, 4.69) is 26.2 Å². The number of amides is 1. The van der Waals surface area contributed by atoms with Crippen LogP contribution in [0.15, 0.2) is 40.4 Å². The minimum absolute atomic E-state index is 0.410. The van der Waals surface area contributed by atoms with Gasteiger partial charge in [0.2, 0.25) is 5.91 Å². The number of primary amides is 1. The molecule has 0 radical (unpaired) electrons. The van der Waals surface area contributed by atoms with Crippen LogP contribution in [0, 0.1) is 0 Å². The molecule has 2 aromatic rings. The number of carbonyl (C=O) groups excluding carboxylic acids is 1. The highest BCUT2D eigenvalue weighted by molar-refractivity contribution is 9.10. The molecule has 17 heavy (non-hydrogen) atoms. The van der Waals surface area contributed by atoms with Crippen LogP contribution in [0.5, 0.6) is 0 Å². The van der Waals surface area contributed by atoms with Crippen molar-refractivity contribution in [3.05, 3.63) is 45.3 Å². The van der Waals surface area contributed by atoms with Gasteiger partial charge in [0, 0.05) is 15.5 Å². The third kappa shape index (κ3) is 3.04. The predicted molar refractivity (Wildman–Crippen MR) is 71.8 cm³/mol. The van der Waals surface area contributed by atoms with E-state index in [9.17, 15) is 4.79 Å². The van der Waals surface area contributed by atoms with Crippen molar-refractivity contribution in [1.82, 2.24) is 4.98 Å². The first-order chi connectivity index (χ1) is 8.16. The quantitative estimate of drug-likeness (QED) is 0.911. The van der Waals surface area contributed by atoms with Crippen molar-refractivity contribution in [3.8, 4) is 0 Å². The van der Waals surface area contributed by atoms with Crippen molar-refractivity contribution in [2.45, 2.75) is 6.04 Å². The minimum Gasteiger partial charge on any atom is -0.368 e. The molecule has 0 aromatic carbocycles. The number of thiophene rings is 1. The summed E-state index contributed by atoms with van der Waals surface area (Å²) in [5.41, 5.74) is 6.13. The highest BCUT2D eigenvalue weighted by Crippen LogP contribution is 2.24. The van der Waals surface area contributed by atoms with E-state index in [1.54, 1.807) is 12.4 Å². The Kier molecular flexibility index (Phi) is 3.75. The first-order valence-corrected chi connectivity index (χ1v) is 6.54. The lowest BCUT2D eigenvalue weighted by atomic mass is 10.2. The van der Waals surface area contributed by atoms with Gasteiger partial charge in [-0.1, -0.05) is 6.07 Å². The lowest BCUT2D eigenvalue weighted by Gasteiger charge is -2.14. The van der Waals surface area contributed by atoms with Gasteiger partial charge in [-0.05, 0) is 33.4 Å². The number of hydrogen-bond donors (Lipinski definition) is 2. The van der Waals surface area contributed by atoms with Crippen LogP contribution >= 0.6 is 27.3 Å². The molecule has 0 unspecified atom stereocenters. The Morgan fingerprint density at radius 3 is 2.94 bits per heavy atom. The number of nitrogens with zero attached hydrogens (tertiary/aromatic N) is 1. The Morgan fingerprint density at radius 2 is 2.35 bits per heavy atom. The maximum absolute atomic E-state index is 11.4. The van der Waals surface area contributed by atoms with Crippen LogP contribution < -0.4 is 11.1 Å². The summed E-state index contributed by atoms with van der Waals surface area (Å²) in [7, 11) is 0. The van der Waals surface area contributed by atoms with Crippen molar-refractivity contribution in [2.24, 2.45) is 5.73 Å². The molecule has 1 amide bonds. The minimum atomic E-state index is -0.522. The Hall–Kier alpha value is -1.40. The van der Waals surface area contributed by atoms with Crippen LogP contribution in [0.4, 0.5) is 5.69 Å². The number of aromatic nitrogens is 1. The van der Waals surface area contributed by atoms with E-state index in [-0.39, 0.29) is 0 Å². The highest BCUT2D eigenvalue weighted by atomic mass is 79.9. The average Bonchev–Trinajstić information content (AvgIpc) is 2.78. The summed E-state index contributed by atoms with van der Waals surface area (Å²) < 4.78 is 0.844. The van der Waals surface area contributed by atoms with Crippen molar-refractivity contribution in [3.63, 3.8) is 0 Å². The topological polar surface area (TPSA) is 68.0 Å². The van der Waals surface area contributed by atoms with Gasteiger partial charge in [0.05, 0.1) is 11.9 Å². The van der Waals surface area contributed by atoms with Crippen LogP contribution in [0.1, 0.15) is 10.9 Å². The Balaban J connectivity index is 2.22. The fourth-order valence-electron chi connectivity index (χ4n) is 1.40. The SMILES string of the molecule is NC(=O)[C@H](Nc1cncc(Br)c1)c1cccs1. The summed E-state index contributed by atoms with van der Waals surface area (Å²) in [4.78, 5) is 16.3. The summed E-state index contributed by atoms with van der Waals surface area (Å²) >= 11 is 4.81. The standard InChI is InChI=1S/C11H10BrN3OS/c12-7-4-8(6-14-5-7)15-10(11(13)16)9-2-1-3-17-9/h1-6,10,15H,(H2,13,16)/t10-/m1/s1. The summed E-state index contributed by atoms with van der Waals surface area (Å²) in [6.45, 7) is 0. The molecule has 0 aliphatic rings. The molecule has 2 heterocycles. The van der Waals surface area contributed by atoms with E-state index in [1.165, 1.54) is 11.3 Å². The van der Waals surface area contributed by atoms with Gasteiger partial charge in [0.25, 0.3) is 0 Å². The summed E-state index contributed by atoms with van der Waals surface area (Å²) in [5.74, 6) is -0.410. The fraction of sp³-hybridized carbons (Fsp3) is 0.0909. The largest absolute Gasteiger partial charge is 0.368 e. The van der Waals surface area contributed by atoms with E-state index in [0.29, 0.717) is 0 Å². The van der Waals surface area contributed by atoms with Crippen molar-refractivity contribution in [1.29, 1.82) is 0 Å². The summed E-state index contributed by atoms with van der Waals surface area (Å²) in [6.07, 6.45) is 3.32. The number of hydrogen-bond acceptors (Lipinski definition) is 4. The first-order valence-electron chi connectivity index (χ1n) is 4.86. The van der Waals surface area contributed by atoms with Crippen molar-refractivity contribution >= 4 is 38.9 Å². The second-order valence-corrected chi connectivity index (χ2v) is 5.28. The van der Waals surface area contributed by atoms with Crippen LogP contribution in [0.25, 0.3) is 0 Å². The van der Waals surface area contributed by atoms with E-state index in [4.69, 9.17) is 5.73 Å². The number of anilines is 1. The number of rotatable bonds is 4. The van der Waals surface area contributed by atoms with Gasteiger partial charge in [0.1, 0.15) is 6.04 Å². The van der Waals surface area contributed by atoms with E-state index in [1.807, 2.05) is 23.6 Å². The Bertz CT molecular complexity index is 515. The van der Waals surface area contributed by atoms with Gasteiger partial charge in [0.15, 0.2) is 0 Å². The first kappa shape index (κ1) is 12.1.